The predicted octanol–water partition coefficient (Wildman–Crippen LogP) is -0.472. The molecular formula is C12H14N6O2. The third-order valence-electron chi connectivity index (χ3n) is 2.61. The molecule has 2 amide bonds. The van der Waals surface area contributed by atoms with Crippen molar-refractivity contribution in [3.63, 3.8) is 0 Å². The second-order valence-electron chi connectivity index (χ2n) is 3.95. The van der Waals surface area contributed by atoms with Gasteiger partial charge in [0.1, 0.15) is 18.5 Å². The second kappa shape index (κ2) is 6.41. The molecule has 2 aromatic heterocycles. The summed E-state index contributed by atoms with van der Waals surface area (Å²) in [6.45, 7) is 0.283. The zero-order valence-electron chi connectivity index (χ0n) is 10.9. The molecule has 0 atom stereocenters. The molecule has 0 saturated carbocycles. The van der Waals surface area contributed by atoms with Crippen LogP contribution in [0.5, 0.6) is 0 Å². The molecular weight excluding hydrogens is 260 g/mol. The van der Waals surface area contributed by atoms with Gasteiger partial charge in [-0.1, -0.05) is 0 Å². The van der Waals surface area contributed by atoms with E-state index < -0.39 is 0 Å². The van der Waals surface area contributed by atoms with E-state index in [1.54, 1.807) is 23.7 Å². The highest BCUT2D eigenvalue weighted by atomic mass is 16.2. The SMILES string of the molecule is CNC(=O)CCNC(=O)c1ccc(-n2cnnc2)nc1. The molecule has 0 aromatic carbocycles. The van der Waals surface area contributed by atoms with Gasteiger partial charge >= 0.3 is 0 Å². The summed E-state index contributed by atoms with van der Waals surface area (Å²) in [4.78, 5) is 27.0. The number of amides is 2. The van der Waals surface area contributed by atoms with E-state index in [0.29, 0.717) is 11.4 Å². The highest BCUT2D eigenvalue weighted by molar-refractivity contribution is 5.94. The van der Waals surface area contributed by atoms with Gasteiger partial charge in [0.2, 0.25) is 5.91 Å². The topological polar surface area (TPSA) is 102 Å². The number of pyridine rings is 1. The fraction of sp³-hybridized carbons (Fsp3) is 0.250. The summed E-state index contributed by atoms with van der Waals surface area (Å²) in [5, 5.41) is 12.5. The second-order valence-corrected chi connectivity index (χ2v) is 3.95. The van der Waals surface area contributed by atoms with E-state index in [0.717, 1.165) is 0 Å². The van der Waals surface area contributed by atoms with E-state index in [1.807, 2.05) is 0 Å². The molecule has 0 aliphatic carbocycles. The first kappa shape index (κ1) is 13.7. The predicted molar refractivity (Wildman–Crippen MR) is 70.2 cm³/mol. The minimum Gasteiger partial charge on any atom is -0.359 e. The molecule has 0 unspecified atom stereocenters. The lowest BCUT2D eigenvalue weighted by molar-refractivity contribution is -0.120. The van der Waals surface area contributed by atoms with Gasteiger partial charge in [0, 0.05) is 26.2 Å². The lowest BCUT2D eigenvalue weighted by atomic mass is 10.2. The monoisotopic (exact) mass is 274 g/mol. The minimum absolute atomic E-state index is 0.119. The van der Waals surface area contributed by atoms with E-state index in [2.05, 4.69) is 25.8 Å². The molecule has 0 radical (unpaired) electrons. The number of hydrogen-bond acceptors (Lipinski definition) is 5. The molecule has 2 N–H and O–H groups in total. The molecule has 8 heteroatoms. The molecule has 8 nitrogen and oxygen atoms in total. The van der Waals surface area contributed by atoms with E-state index in [9.17, 15) is 9.59 Å². The van der Waals surface area contributed by atoms with Crippen LogP contribution in [0.15, 0.2) is 31.0 Å². The number of aromatic nitrogens is 4. The van der Waals surface area contributed by atoms with Gasteiger partial charge in [-0.2, -0.15) is 0 Å². The van der Waals surface area contributed by atoms with Gasteiger partial charge < -0.3 is 10.6 Å². The fourth-order valence-electron chi connectivity index (χ4n) is 1.51. The lowest BCUT2D eigenvalue weighted by Gasteiger charge is -2.05. The molecule has 0 aliphatic rings. The number of carbonyl (C=O) groups is 2. The lowest BCUT2D eigenvalue weighted by Crippen LogP contribution is -2.29. The summed E-state index contributed by atoms with van der Waals surface area (Å²) in [7, 11) is 1.55. The van der Waals surface area contributed by atoms with Crippen molar-refractivity contribution in [3.05, 3.63) is 36.5 Å². The van der Waals surface area contributed by atoms with Crippen molar-refractivity contribution in [2.75, 3.05) is 13.6 Å². The molecule has 2 rings (SSSR count). The molecule has 2 heterocycles. The highest BCUT2D eigenvalue weighted by Gasteiger charge is 2.07. The largest absolute Gasteiger partial charge is 0.359 e. The molecule has 0 spiro atoms. The Labute approximate surface area is 115 Å². The Hall–Kier alpha value is -2.77. The Bertz CT molecular complexity index is 579. The maximum Gasteiger partial charge on any atom is 0.252 e. The van der Waals surface area contributed by atoms with Crippen LogP contribution in [0, 0.1) is 0 Å². The quantitative estimate of drug-likeness (QED) is 0.767. The van der Waals surface area contributed by atoms with Crippen molar-refractivity contribution in [1.82, 2.24) is 30.4 Å². The zero-order valence-corrected chi connectivity index (χ0v) is 10.9. The van der Waals surface area contributed by atoms with Crippen LogP contribution < -0.4 is 10.6 Å². The molecule has 20 heavy (non-hydrogen) atoms. The number of carbonyl (C=O) groups excluding carboxylic acids is 2. The van der Waals surface area contributed by atoms with Gasteiger partial charge in [-0.15, -0.1) is 10.2 Å². The molecule has 2 aromatic rings. The minimum atomic E-state index is -0.267. The molecule has 0 aliphatic heterocycles. The van der Waals surface area contributed by atoms with Crippen LogP contribution in [0.25, 0.3) is 5.82 Å². The van der Waals surface area contributed by atoms with Crippen molar-refractivity contribution in [3.8, 4) is 5.82 Å². The van der Waals surface area contributed by atoms with Crippen molar-refractivity contribution < 1.29 is 9.59 Å². The fourth-order valence-corrected chi connectivity index (χ4v) is 1.51. The number of nitrogens with one attached hydrogen (secondary N) is 2. The smallest absolute Gasteiger partial charge is 0.252 e. The van der Waals surface area contributed by atoms with Crippen LogP contribution in [0.2, 0.25) is 0 Å². The summed E-state index contributed by atoms with van der Waals surface area (Å²) in [6.07, 6.45) is 4.75. The number of hydrogen-bond donors (Lipinski definition) is 2. The van der Waals surface area contributed by atoms with Crippen LogP contribution in [0.1, 0.15) is 16.8 Å². The summed E-state index contributed by atoms with van der Waals surface area (Å²) in [5.74, 6) is 0.236. The Morgan fingerprint density at radius 3 is 2.60 bits per heavy atom. The van der Waals surface area contributed by atoms with E-state index in [4.69, 9.17) is 0 Å². The summed E-state index contributed by atoms with van der Waals surface area (Å²) in [6, 6.07) is 3.34. The van der Waals surface area contributed by atoms with Crippen molar-refractivity contribution in [1.29, 1.82) is 0 Å². The van der Waals surface area contributed by atoms with Crippen molar-refractivity contribution >= 4 is 11.8 Å². The van der Waals surface area contributed by atoms with Gasteiger partial charge in [-0.25, -0.2) is 4.98 Å². The number of nitrogens with zero attached hydrogens (tertiary/aromatic N) is 4. The van der Waals surface area contributed by atoms with E-state index in [-0.39, 0.29) is 24.8 Å². The number of rotatable bonds is 5. The molecule has 0 saturated heterocycles. The summed E-state index contributed by atoms with van der Waals surface area (Å²) >= 11 is 0. The van der Waals surface area contributed by atoms with Crippen LogP contribution in [-0.2, 0) is 4.79 Å². The van der Waals surface area contributed by atoms with Crippen LogP contribution in [0.3, 0.4) is 0 Å². The first-order valence-electron chi connectivity index (χ1n) is 6.00. The van der Waals surface area contributed by atoms with Gasteiger partial charge in [-0.3, -0.25) is 14.2 Å². The average molecular weight is 274 g/mol. The Morgan fingerprint density at radius 1 is 1.25 bits per heavy atom. The van der Waals surface area contributed by atoms with Gasteiger partial charge in [0.25, 0.3) is 5.91 Å². The van der Waals surface area contributed by atoms with Gasteiger partial charge in [-0.05, 0) is 12.1 Å². The standard InChI is InChI=1S/C12H14N6O2/c1-13-11(19)4-5-14-12(20)9-2-3-10(15-6-9)18-7-16-17-8-18/h2-3,6-8H,4-5H2,1H3,(H,13,19)(H,14,20). The van der Waals surface area contributed by atoms with Gasteiger partial charge in [0.05, 0.1) is 5.56 Å². The zero-order chi connectivity index (χ0) is 14.4. The summed E-state index contributed by atoms with van der Waals surface area (Å²) in [5.41, 5.74) is 0.429. The Balaban J connectivity index is 1.92. The molecule has 104 valence electrons. The third-order valence-corrected chi connectivity index (χ3v) is 2.61. The third kappa shape index (κ3) is 3.37. The Kier molecular flexibility index (Phi) is 4.38. The maximum atomic E-state index is 11.8. The normalized spacial score (nSPS) is 10.1. The van der Waals surface area contributed by atoms with Crippen molar-refractivity contribution in [2.45, 2.75) is 6.42 Å². The molecule has 0 fully saturated rings. The van der Waals surface area contributed by atoms with Gasteiger partial charge in [0.15, 0.2) is 0 Å². The van der Waals surface area contributed by atoms with Crippen molar-refractivity contribution in [2.24, 2.45) is 0 Å². The van der Waals surface area contributed by atoms with Crippen LogP contribution in [-0.4, -0.2) is 45.2 Å². The highest BCUT2D eigenvalue weighted by Crippen LogP contribution is 2.04. The first-order valence-corrected chi connectivity index (χ1v) is 6.00. The van der Waals surface area contributed by atoms with E-state index in [1.165, 1.54) is 18.9 Å². The molecule has 0 bridgehead atoms. The van der Waals surface area contributed by atoms with E-state index >= 15 is 0 Å². The average Bonchev–Trinajstić information content (AvgIpc) is 3.01. The van der Waals surface area contributed by atoms with Crippen LogP contribution >= 0.6 is 0 Å². The first-order chi connectivity index (χ1) is 9.70. The maximum absolute atomic E-state index is 11.8. The Morgan fingerprint density at radius 2 is 2.00 bits per heavy atom. The summed E-state index contributed by atoms with van der Waals surface area (Å²) < 4.78 is 1.63. The van der Waals surface area contributed by atoms with Crippen LogP contribution in [0.4, 0.5) is 0 Å².